The molecule has 148 valence electrons. The number of sulfonamides is 1. The van der Waals surface area contributed by atoms with E-state index in [1.54, 1.807) is 10.5 Å². The Balaban J connectivity index is 1.80. The van der Waals surface area contributed by atoms with Gasteiger partial charge in [-0.3, -0.25) is 4.90 Å². The van der Waals surface area contributed by atoms with Crippen LogP contribution in [0.4, 0.5) is 0 Å². The highest BCUT2D eigenvalue weighted by Gasteiger charge is 2.41. The largest absolute Gasteiger partial charge is 0.360 e. The Labute approximate surface area is 167 Å². The zero-order valence-corrected chi connectivity index (χ0v) is 17.3. The van der Waals surface area contributed by atoms with Crippen LogP contribution in [0.25, 0.3) is 10.2 Å². The molecule has 3 unspecified atom stereocenters. The number of aromatic nitrogens is 2. The van der Waals surface area contributed by atoms with Crippen LogP contribution in [0.15, 0.2) is 18.6 Å². The smallest absolute Gasteiger partial charge is 0.213 e. The minimum absolute atomic E-state index is 0.0992. The molecular formula is C16H22ClN5O3S2. The number of nitrogens with one attached hydrogen (secondary N) is 1. The molecule has 0 amide bonds. The molecule has 11 heteroatoms. The summed E-state index contributed by atoms with van der Waals surface area (Å²) in [5, 5.41) is 3.28. The molecule has 0 radical (unpaired) electrons. The maximum atomic E-state index is 12.9. The maximum Gasteiger partial charge on any atom is 0.213 e. The summed E-state index contributed by atoms with van der Waals surface area (Å²) in [5.74, 6) is 0. The summed E-state index contributed by atoms with van der Waals surface area (Å²) in [7, 11) is -3.46. The second kappa shape index (κ2) is 7.86. The Hall–Kier alpha value is -0.880. The van der Waals surface area contributed by atoms with Crippen molar-refractivity contribution in [1.82, 2.24) is 24.5 Å². The fourth-order valence-corrected chi connectivity index (χ4v) is 6.54. The molecule has 27 heavy (non-hydrogen) atoms. The molecule has 4 rings (SSSR count). The van der Waals surface area contributed by atoms with Gasteiger partial charge in [0.25, 0.3) is 0 Å². The second-order valence-corrected chi connectivity index (χ2v) is 10.3. The molecule has 0 aromatic carbocycles. The SMILES string of the molecule is CS(=O)(=O)N(C1CCNC1)C(c1cc2ncncc2s1)N1CCOC(Cl)C1. The lowest BCUT2D eigenvalue weighted by Crippen LogP contribution is -2.53. The van der Waals surface area contributed by atoms with Gasteiger partial charge in [-0.05, 0) is 19.0 Å². The summed E-state index contributed by atoms with van der Waals surface area (Å²) in [6.07, 6.45) is 4.90. The number of halogens is 1. The van der Waals surface area contributed by atoms with Crippen molar-refractivity contribution in [2.24, 2.45) is 0 Å². The van der Waals surface area contributed by atoms with Crippen LogP contribution in [0, 0.1) is 0 Å². The summed E-state index contributed by atoms with van der Waals surface area (Å²) in [6.45, 7) is 2.99. The van der Waals surface area contributed by atoms with Crippen LogP contribution in [0.3, 0.4) is 0 Å². The van der Waals surface area contributed by atoms with Gasteiger partial charge in [-0.1, -0.05) is 11.6 Å². The lowest BCUT2D eigenvalue weighted by Gasteiger charge is -2.42. The molecule has 2 aliphatic rings. The third kappa shape index (κ3) is 4.12. The Morgan fingerprint density at radius 1 is 1.52 bits per heavy atom. The zero-order chi connectivity index (χ0) is 19.0. The van der Waals surface area contributed by atoms with E-state index < -0.39 is 21.8 Å². The van der Waals surface area contributed by atoms with Gasteiger partial charge >= 0.3 is 0 Å². The molecule has 2 saturated heterocycles. The van der Waals surface area contributed by atoms with Crippen LogP contribution in [-0.2, 0) is 14.8 Å². The monoisotopic (exact) mass is 431 g/mol. The zero-order valence-electron chi connectivity index (χ0n) is 14.9. The summed E-state index contributed by atoms with van der Waals surface area (Å²) >= 11 is 7.76. The average Bonchev–Trinajstić information content (AvgIpc) is 3.27. The van der Waals surface area contributed by atoms with E-state index >= 15 is 0 Å². The van der Waals surface area contributed by atoms with E-state index in [9.17, 15) is 8.42 Å². The van der Waals surface area contributed by atoms with Gasteiger partial charge in [0.05, 0.1) is 23.1 Å². The topological polar surface area (TPSA) is 87.7 Å². The minimum Gasteiger partial charge on any atom is -0.360 e. The van der Waals surface area contributed by atoms with Crippen molar-refractivity contribution in [3.63, 3.8) is 0 Å². The number of ether oxygens (including phenoxy) is 1. The number of morpholine rings is 1. The molecule has 2 aromatic rings. The van der Waals surface area contributed by atoms with Crippen LogP contribution in [0.1, 0.15) is 17.5 Å². The normalized spacial score (nSPS) is 26.0. The van der Waals surface area contributed by atoms with E-state index in [0.717, 1.165) is 28.1 Å². The number of fused-ring (bicyclic) bond motifs is 1. The maximum absolute atomic E-state index is 12.9. The van der Waals surface area contributed by atoms with Gasteiger partial charge in [0, 0.05) is 36.8 Å². The van der Waals surface area contributed by atoms with E-state index in [2.05, 4.69) is 20.2 Å². The van der Waals surface area contributed by atoms with E-state index in [1.807, 2.05) is 6.07 Å². The summed E-state index contributed by atoms with van der Waals surface area (Å²) in [4.78, 5) is 11.4. The minimum atomic E-state index is -3.46. The lowest BCUT2D eigenvalue weighted by atomic mass is 10.2. The predicted octanol–water partition coefficient (Wildman–Crippen LogP) is 1.21. The van der Waals surface area contributed by atoms with Gasteiger partial charge in [-0.25, -0.2) is 18.4 Å². The molecule has 2 aromatic heterocycles. The van der Waals surface area contributed by atoms with Crippen LogP contribution in [0.2, 0.25) is 0 Å². The van der Waals surface area contributed by atoms with Gasteiger partial charge in [0.1, 0.15) is 18.1 Å². The molecule has 2 aliphatic heterocycles. The first-order chi connectivity index (χ1) is 12.9. The third-order valence-corrected chi connectivity index (χ3v) is 7.51. The van der Waals surface area contributed by atoms with Crippen LogP contribution in [-0.4, -0.2) is 78.2 Å². The Bertz CT molecular complexity index is 869. The van der Waals surface area contributed by atoms with E-state index in [4.69, 9.17) is 16.3 Å². The highest BCUT2D eigenvalue weighted by atomic mass is 35.5. The molecular weight excluding hydrogens is 410 g/mol. The van der Waals surface area contributed by atoms with Crippen molar-refractivity contribution >= 4 is 43.2 Å². The number of thiophene rings is 1. The Morgan fingerprint density at radius 3 is 3.04 bits per heavy atom. The standard InChI is InChI=1S/C16H22ClN5O3S2/c1-27(23,24)22(11-2-3-18-7-11)16(21-4-5-25-15(17)9-21)13-6-12-14(26-13)8-19-10-20-12/h6,8,10-11,15-16,18H,2-5,7,9H2,1H3. The molecule has 1 N–H and O–H groups in total. The molecule has 0 bridgehead atoms. The predicted molar refractivity (Wildman–Crippen MR) is 105 cm³/mol. The number of nitrogens with zero attached hydrogens (tertiary/aromatic N) is 4. The first-order valence-electron chi connectivity index (χ1n) is 8.82. The molecule has 0 aliphatic carbocycles. The van der Waals surface area contributed by atoms with Crippen molar-refractivity contribution in [1.29, 1.82) is 0 Å². The van der Waals surface area contributed by atoms with Crippen molar-refractivity contribution in [2.45, 2.75) is 24.2 Å². The molecule has 8 nitrogen and oxygen atoms in total. The van der Waals surface area contributed by atoms with Crippen LogP contribution < -0.4 is 5.32 Å². The summed E-state index contributed by atoms with van der Waals surface area (Å²) in [5.41, 5.74) is 0.363. The first kappa shape index (κ1) is 19.4. The Kier molecular flexibility index (Phi) is 5.66. The quantitative estimate of drug-likeness (QED) is 0.712. The van der Waals surface area contributed by atoms with Crippen molar-refractivity contribution in [3.05, 3.63) is 23.5 Å². The number of rotatable bonds is 5. The van der Waals surface area contributed by atoms with Gasteiger partial charge < -0.3 is 10.1 Å². The van der Waals surface area contributed by atoms with E-state index in [0.29, 0.717) is 26.2 Å². The fraction of sp³-hybridized carbons (Fsp3) is 0.625. The summed E-state index contributed by atoms with van der Waals surface area (Å²) < 4.78 is 33.8. The van der Waals surface area contributed by atoms with Crippen molar-refractivity contribution in [2.75, 3.05) is 39.0 Å². The third-order valence-electron chi connectivity index (χ3n) is 4.89. The van der Waals surface area contributed by atoms with Gasteiger partial charge in [-0.15, -0.1) is 11.3 Å². The van der Waals surface area contributed by atoms with Crippen molar-refractivity contribution < 1.29 is 13.2 Å². The molecule has 3 atom stereocenters. The molecule has 0 spiro atoms. The molecule has 0 saturated carbocycles. The number of hydrogen-bond acceptors (Lipinski definition) is 8. The number of hydrogen-bond donors (Lipinski definition) is 1. The Morgan fingerprint density at radius 2 is 2.37 bits per heavy atom. The highest BCUT2D eigenvalue weighted by molar-refractivity contribution is 7.88. The molecule has 2 fully saturated rings. The lowest BCUT2D eigenvalue weighted by molar-refractivity contribution is -0.0340. The van der Waals surface area contributed by atoms with E-state index in [1.165, 1.54) is 23.9 Å². The van der Waals surface area contributed by atoms with Crippen LogP contribution >= 0.6 is 22.9 Å². The molecule has 4 heterocycles. The summed E-state index contributed by atoms with van der Waals surface area (Å²) in [6, 6.07) is 1.86. The van der Waals surface area contributed by atoms with Crippen LogP contribution in [0.5, 0.6) is 0 Å². The first-order valence-corrected chi connectivity index (χ1v) is 11.9. The fourth-order valence-electron chi connectivity index (χ4n) is 3.75. The van der Waals surface area contributed by atoms with Gasteiger partial charge in [0.15, 0.2) is 0 Å². The van der Waals surface area contributed by atoms with Gasteiger partial charge in [-0.2, -0.15) is 4.31 Å². The van der Waals surface area contributed by atoms with E-state index in [-0.39, 0.29) is 6.04 Å². The number of alkyl halides is 1. The second-order valence-electron chi connectivity index (χ2n) is 6.81. The van der Waals surface area contributed by atoms with Crippen molar-refractivity contribution in [3.8, 4) is 0 Å². The van der Waals surface area contributed by atoms with Gasteiger partial charge in [0.2, 0.25) is 10.0 Å². The average molecular weight is 432 g/mol. The highest BCUT2D eigenvalue weighted by Crippen LogP contribution is 2.38.